The van der Waals surface area contributed by atoms with Crippen LogP contribution >= 0.6 is 0 Å². The van der Waals surface area contributed by atoms with Crippen LogP contribution in [0.1, 0.15) is 24.3 Å². The second-order valence-electron chi connectivity index (χ2n) is 3.29. The minimum atomic E-state index is -4.04. The first-order valence-corrected chi connectivity index (χ1v) is 5.59. The predicted molar refractivity (Wildman–Crippen MR) is 48.2 cm³/mol. The molecule has 1 aromatic rings. The number of hydrogen-bond donors (Lipinski definition) is 1. The molecule has 0 saturated heterocycles. The van der Waals surface area contributed by atoms with Gasteiger partial charge in [0.1, 0.15) is 0 Å². The Morgan fingerprint density at radius 1 is 1.23 bits per heavy atom. The lowest BCUT2D eigenvalue weighted by Gasteiger charge is -2.03. The molecule has 3 nitrogen and oxygen atoms in total. The van der Waals surface area contributed by atoms with E-state index in [1.54, 1.807) is 18.2 Å². The third-order valence-electron chi connectivity index (χ3n) is 2.21. The number of benzene rings is 1. The summed E-state index contributed by atoms with van der Waals surface area (Å²) in [5, 5.41) is 0. The van der Waals surface area contributed by atoms with Crippen molar-refractivity contribution in [1.82, 2.24) is 0 Å². The molecule has 1 aliphatic carbocycles. The van der Waals surface area contributed by atoms with Crippen LogP contribution in [0.5, 0.6) is 0 Å². The van der Waals surface area contributed by atoms with Crippen LogP contribution in [0.15, 0.2) is 29.2 Å². The van der Waals surface area contributed by atoms with Crippen LogP contribution in [0, 0.1) is 0 Å². The summed E-state index contributed by atoms with van der Waals surface area (Å²) in [6.45, 7) is 0. The summed E-state index contributed by atoms with van der Waals surface area (Å²) in [4.78, 5) is 0.0671. The van der Waals surface area contributed by atoms with E-state index in [1.165, 1.54) is 6.07 Å². The molecule has 1 aromatic carbocycles. The van der Waals surface area contributed by atoms with E-state index < -0.39 is 10.1 Å². The van der Waals surface area contributed by atoms with Gasteiger partial charge in [-0.3, -0.25) is 4.55 Å². The van der Waals surface area contributed by atoms with E-state index in [9.17, 15) is 8.42 Å². The van der Waals surface area contributed by atoms with Crippen molar-refractivity contribution in [2.24, 2.45) is 0 Å². The third-order valence-corrected chi connectivity index (χ3v) is 3.14. The van der Waals surface area contributed by atoms with Crippen molar-refractivity contribution in [3.63, 3.8) is 0 Å². The monoisotopic (exact) mass is 198 g/mol. The molecule has 1 saturated carbocycles. The summed E-state index contributed by atoms with van der Waals surface area (Å²) in [7, 11) is -4.04. The van der Waals surface area contributed by atoms with E-state index in [0.717, 1.165) is 18.4 Å². The van der Waals surface area contributed by atoms with Crippen LogP contribution in [0.3, 0.4) is 0 Å². The molecule has 0 aliphatic heterocycles. The van der Waals surface area contributed by atoms with Gasteiger partial charge in [0.2, 0.25) is 0 Å². The summed E-state index contributed by atoms with van der Waals surface area (Å²) in [5.41, 5.74) is 0.755. The van der Waals surface area contributed by atoms with Gasteiger partial charge in [0.15, 0.2) is 0 Å². The zero-order chi connectivity index (χ0) is 9.47. The zero-order valence-corrected chi connectivity index (χ0v) is 7.79. The molecule has 1 aliphatic rings. The van der Waals surface area contributed by atoms with E-state index in [4.69, 9.17) is 4.55 Å². The van der Waals surface area contributed by atoms with Crippen molar-refractivity contribution >= 4 is 10.1 Å². The fraction of sp³-hybridized carbons (Fsp3) is 0.333. The molecule has 0 spiro atoms. The Kier molecular flexibility index (Phi) is 1.89. The van der Waals surface area contributed by atoms with Gasteiger partial charge in [-0.15, -0.1) is 0 Å². The maximum Gasteiger partial charge on any atom is 0.294 e. The van der Waals surface area contributed by atoms with Crippen molar-refractivity contribution in [3.05, 3.63) is 29.8 Å². The minimum absolute atomic E-state index is 0.0671. The maximum absolute atomic E-state index is 10.9. The van der Waals surface area contributed by atoms with Gasteiger partial charge in [0, 0.05) is 0 Å². The molecule has 0 radical (unpaired) electrons. The quantitative estimate of drug-likeness (QED) is 0.737. The van der Waals surface area contributed by atoms with Gasteiger partial charge in [0.25, 0.3) is 10.1 Å². The fourth-order valence-corrected chi connectivity index (χ4v) is 2.23. The molecule has 13 heavy (non-hydrogen) atoms. The third kappa shape index (κ3) is 1.73. The SMILES string of the molecule is O=S(=O)(O)c1ccccc1C1CC1. The Morgan fingerprint density at radius 2 is 1.85 bits per heavy atom. The lowest BCUT2D eigenvalue weighted by atomic mass is 10.1. The predicted octanol–water partition coefficient (Wildman–Crippen LogP) is 1.81. The van der Waals surface area contributed by atoms with E-state index in [1.807, 2.05) is 0 Å². The first-order chi connectivity index (χ1) is 6.09. The smallest absolute Gasteiger partial charge is 0.282 e. The van der Waals surface area contributed by atoms with Crippen LogP contribution in [0.4, 0.5) is 0 Å². The van der Waals surface area contributed by atoms with Crippen molar-refractivity contribution < 1.29 is 13.0 Å². The van der Waals surface area contributed by atoms with Gasteiger partial charge < -0.3 is 0 Å². The first-order valence-electron chi connectivity index (χ1n) is 4.15. The average molecular weight is 198 g/mol. The van der Waals surface area contributed by atoms with Crippen LogP contribution in [0.25, 0.3) is 0 Å². The Balaban J connectivity index is 2.55. The number of rotatable bonds is 2. The highest BCUT2D eigenvalue weighted by atomic mass is 32.2. The van der Waals surface area contributed by atoms with Crippen LogP contribution < -0.4 is 0 Å². The molecule has 1 N–H and O–H groups in total. The Morgan fingerprint density at radius 3 is 2.38 bits per heavy atom. The molecule has 0 amide bonds. The van der Waals surface area contributed by atoms with Gasteiger partial charge in [-0.05, 0) is 30.4 Å². The van der Waals surface area contributed by atoms with Crippen LogP contribution in [-0.4, -0.2) is 13.0 Å². The molecule has 0 atom stereocenters. The Bertz CT molecular complexity index is 418. The van der Waals surface area contributed by atoms with Gasteiger partial charge >= 0.3 is 0 Å². The number of hydrogen-bond acceptors (Lipinski definition) is 2. The van der Waals surface area contributed by atoms with Gasteiger partial charge in [0.05, 0.1) is 4.90 Å². The highest BCUT2D eigenvalue weighted by molar-refractivity contribution is 7.85. The summed E-state index contributed by atoms with van der Waals surface area (Å²) < 4.78 is 30.8. The second kappa shape index (κ2) is 2.82. The van der Waals surface area contributed by atoms with Crippen LogP contribution in [-0.2, 0) is 10.1 Å². The molecule has 70 valence electrons. The Hall–Kier alpha value is -0.870. The van der Waals surface area contributed by atoms with Crippen molar-refractivity contribution in [2.45, 2.75) is 23.7 Å². The minimum Gasteiger partial charge on any atom is -0.282 e. The molecule has 2 rings (SSSR count). The average Bonchev–Trinajstić information content (AvgIpc) is 2.85. The highest BCUT2D eigenvalue weighted by Gasteiger charge is 2.28. The van der Waals surface area contributed by atoms with Gasteiger partial charge in [-0.1, -0.05) is 18.2 Å². The summed E-state index contributed by atoms with van der Waals surface area (Å²) in [6.07, 6.45) is 2.04. The molecular formula is C9H10O3S. The van der Waals surface area contributed by atoms with Crippen molar-refractivity contribution in [3.8, 4) is 0 Å². The van der Waals surface area contributed by atoms with Crippen LogP contribution in [0.2, 0.25) is 0 Å². The van der Waals surface area contributed by atoms with E-state index >= 15 is 0 Å². The maximum atomic E-state index is 10.9. The molecule has 1 fully saturated rings. The van der Waals surface area contributed by atoms with E-state index in [-0.39, 0.29) is 4.90 Å². The molecule has 4 heteroatoms. The van der Waals surface area contributed by atoms with Crippen molar-refractivity contribution in [2.75, 3.05) is 0 Å². The zero-order valence-electron chi connectivity index (χ0n) is 6.97. The summed E-state index contributed by atoms with van der Waals surface area (Å²) >= 11 is 0. The van der Waals surface area contributed by atoms with E-state index in [0.29, 0.717) is 5.92 Å². The van der Waals surface area contributed by atoms with Crippen molar-refractivity contribution in [1.29, 1.82) is 0 Å². The summed E-state index contributed by atoms with van der Waals surface area (Å²) in [5.74, 6) is 0.332. The second-order valence-corrected chi connectivity index (χ2v) is 4.68. The lowest BCUT2D eigenvalue weighted by molar-refractivity contribution is 0.482. The van der Waals surface area contributed by atoms with E-state index in [2.05, 4.69) is 0 Å². The molecule has 0 unspecified atom stereocenters. The normalized spacial score (nSPS) is 17.3. The molecule has 0 aromatic heterocycles. The molecule has 0 heterocycles. The molecular weight excluding hydrogens is 188 g/mol. The van der Waals surface area contributed by atoms with Gasteiger partial charge in [-0.25, -0.2) is 0 Å². The standard InChI is InChI=1S/C9H10O3S/c10-13(11,12)9-4-2-1-3-8(9)7-5-6-7/h1-4,7H,5-6H2,(H,10,11,12). The largest absolute Gasteiger partial charge is 0.294 e. The first kappa shape index (κ1) is 8.72. The summed E-state index contributed by atoms with van der Waals surface area (Å²) in [6, 6.07) is 6.63. The Labute approximate surface area is 77.1 Å². The fourth-order valence-electron chi connectivity index (χ4n) is 1.45. The highest BCUT2D eigenvalue weighted by Crippen LogP contribution is 2.42. The van der Waals surface area contributed by atoms with Gasteiger partial charge in [-0.2, -0.15) is 8.42 Å². The topological polar surface area (TPSA) is 54.4 Å². The molecule has 0 bridgehead atoms. The lowest BCUT2D eigenvalue weighted by Crippen LogP contribution is -2.01.